The van der Waals surface area contributed by atoms with E-state index in [1.165, 1.54) is 6.08 Å². The third-order valence-corrected chi connectivity index (χ3v) is 2.09. The summed E-state index contributed by atoms with van der Waals surface area (Å²) < 4.78 is 1.72. The van der Waals surface area contributed by atoms with Gasteiger partial charge < -0.3 is 5.32 Å². The molecule has 0 saturated carbocycles. The Morgan fingerprint density at radius 1 is 1.67 bits per heavy atom. The summed E-state index contributed by atoms with van der Waals surface area (Å²) in [6, 6.07) is 1.86. The highest BCUT2D eigenvalue weighted by molar-refractivity contribution is 5.91. The van der Waals surface area contributed by atoms with Crippen molar-refractivity contribution < 1.29 is 4.79 Å². The summed E-state index contributed by atoms with van der Waals surface area (Å²) in [5.41, 5.74) is 0.917. The first-order valence-corrected chi connectivity index (χ1v) is 5.18. The molecule has 0 aliphatic rings. The molecule has 1 heterocycles. The first kappa shape index (κ1) is 11.5. The van der Waals surface area contributed by atoms with Gasteiger partial charge >= 0.3 is 0 Å². The molecule has 0 aliphatic heterocycles. The number of aryl methyl sites for hydroxylation is 1. The lowest BCUT2D eigenvalue weighted by Gasteiger charge is -1.99. The van der Waals surface area contributed by atoms with Crippen LogP contribution in [0.25, 0.3) is 6.08 Å². The topological polar surface area (TPSA) is 46.9 Å². The highest BCUT2D eigenvalue weighted by Crippen LogP contribution is 1.98. The molecule has 0 radical (unpaired) electrons. The average molecular weight is 207 g/mol. The number of carbonyl (C=O) groups is 1. The van der Waals surface area contributed by atoms with Crippen LogP contribution >= 0.6 is 0 Å². The van der Waals surface area contributed by atoms with Crippen LogP contribution in [-0.2, 0) is 11.8 Å². The van der Waals surface area contributed by atoms with Crippen LogP contribution in [0, 0.1) is 0 Å². The second-order valence-electron chi connectivity index (χ2n) is 3.36. The zero-order chi connectivity index (χ0) is 11.1. The second kappa shape index (κ2) is 6.01. The third-order valence-electron chi connectivity index (χ3n) is 2.09. The van der Waals surface area contributed by atoms with Gasteiger partial charge in [0.15, 0.2) is 0 Å². The largest absolute Gasteiger partial charge is 0.353 e. The quantitative estimate of drug-likeness (QED) is 0.585. The van der Waals surface area contributed by atoms with Gasteiger partial charge in [-0.05, 0) is 18.6 Å². The van der Waals surface area contributed by atoms with Gasteiger partial charge in [0.1, 0.15) is 0 Å². The second-order valence-corrected chi connectivity index (χ2v) is 3.36. The molecule has 15 heavy (non-hydrogen) atoms. The predicted octanol–water partition coefficient (Wildman–Crippen LogP) is 1.35. The van der Waals surface area contributed by atoms with Crippen LogP contribution in [-0.4, -0.2) is 22.2 Å². The van der Waals surface area contributed by atoms with E-state index in [-0.39, 0.29) is 5.91 Å². The van der Waals surface area contributed by atoms with Crippen molar-refractivity contribution >= 4 is 12.0 Å². The van der Waals surface area contributed by atoms with E-state index < -0.39 is 0 Å². The van der Waals surface area contributed by atoms with Crippen molar-refractivity contribution in [3.8, 4) is 0 Å². The molecular formula is C11H17N3O. The van der Waals surface area contributed by atoms with Crippen LogP contribution in [0.1, 0.15) is 25.5 Å². The minimum absolute atomic E-state index is 0.0512. The van der Waals surface area contributed by atoms with Crippen molar-refractivity contribution in [1.82, 2.24) is 15.1 Å². The third kappa shape index (κ3) is 3.97. The SMILES string of the molecule is CCCCNC(=O)C=Cc1ccnn1C. The molecule has 4 heteroatoms. The van der Waals surface area contributed by atoms with Crippen molar-refractivity contribution in [3.63, 3.8) is 0 Å². The van der Waals surface area contributed by atoms with Gasteiger partial charge in [-0.25, -0.2) is 0 Å². The van der Waals surface area contributed by atoms with Gasteiger partial charge in [-0.1, -0.05) is 13.3 Å². The Bertz CT molecular complexity index is 341. The van der Waals surface area contributed by atoms with E-state index in [1.807, 2.05) is 13.1 Å². The van der Waals surface area contributed by atoms with E-state index in [1.54, 1.807) is 17.0 Å². The van der Waals surface area contributed by atoms with Gasteiger partial charge in [0, 0.05) is 25.9 Å². The minimum atomic E-state index is -0.0512. The number of nitrogens with one attached hydrogen (secondary N) is 1. The van der Waals surface area contributed by atoms with E-state index in [0.717, 1.165) is 25.1 Å². The van der Waals surface area contributed by atoms with Gasteiger partial charge in [-0.15, -0.1) is 0 Å². The van der Waals surface area contributed by atoms with Gasteiger partial charge in [0.25, 0.3) is 0 Å². The standard InChI is InChI=1S/C11H17N3O/c1-3-4-8-12-11(15)6-5-10-7-9-13-14(10)2/h5-7,9H,3-4,8H2,1-2H3,(H,12,15). The summed E-state index contributed by atoms with van der Waals surface area (Å²) in [5, 5.41) is 6.81. The number of nitrogens with zero attached hydrogens (tertiary/aromatic N) is 2. The fourth-order valence-corrected chi connectivity index (χ4v) is 1.16. The maximum atomic E-state index is 11.3. The van der Waals surface area contributed by atoms with E-state index in [0.29, 0.717) is 0 Å². The lowest BCUT2D eigenvalue weighted by atomic mass is 10.3. The van der Waals surface area contributed by atoms with Crippen LogP contribution in [0.15, 0.2) is 18.3 Å². The Morgan fingerprint density at radius 3 is 3.07 bits per heavy atom. The molecule has 1 N–H and O–H groups in total. The number of carbonyl (C=O) groups excluding carboxylic acids is 1. The van der Waals surface area contributed by atoms with Gasteiger partial charge in [0.2, 0.25) is 5.91 Å². The van der Waals surface area contributed by atoms with Crippen molar-refractivity contribution in [2.75, 3.05) is 6.54 Å². The maximum Gasteiger partial charge on any atom is 0.244 e. The number of hydrogen-bond acceptors (Lipinski definition) is 2. The number of hydrogen-bond donors (Lipinski definition) is 1. The first-order chi connectivity index (χ1) is 7.24. The van der Waals surface area contributed by atoms with Crippen molar-refractivity contribution in [1.29, 1.82) is 0 Å². The Hall–Kier alpha value is -1.58. The van der Waals surface area contributed by atoms with Crippen molar-refractivity contribution in [2.24, 2.45) is 7.05 Å². The molecule has 1 aromatic rings. The molecular weight excluding hydrogens is 190 g/mol. The molecule has 0 unspecified atom stereocenters. The van der Waals surface area contributed by atoms with Crippen LogP contribution in [0.3, 0.4) is 0 Å². The lowest BCUT2D eigenvalue weighted by Crippen LogP contribution is -2.21. The molecule has 0 saturated heterocycles. The number of aromatic nitrogens is 2. The molecule has 0 spiro atoms. The molecule has 0 aliphatic carbocycles. The Balaban J connectivity index is 2.38. The molecule has 0 atom stereocenters. The summed E-state index contributed by atoms with van der Waals surface area (Å²) in [7, 11) is 1.84. The molecule has 0 aromatic carbocycles. The highest BCUT2D eigenvalue weighted by atomic mass is 16.1. The Labute approximate surface area is 90.0 Å². The summed E-state index contributed by atoms with van der Waals surface area (Å²) in [5.74, 6) is -0.0512. The number of amides is 1. The molecule has 1 aromatic heterocycles. The monoisotopic (exact) mass is 207 g/mol. The zero-order valence-corrected chi connectivity index (χ0v) is 9.23. The van der Waals surface area contributed by atoms with E-state index >= 15 is 0 Å². The first-order valence-electron chi connectivity index (χ1n) is 5.18. The van der Waals surface area contributed by atoms with Crippen LogP contribution < -0.4 is 5.32 Å². The van der Waals surface area contributed by atoms with Gasteiger partial charge in [-0.3, -0.25) is 9.48 Å². The summed E-state index contributed by atoms with van der Waals surface area (Å²) in [6.07, 6.45) is 7.10. The lowest BCUT2D eigenvalue weighted by molar-refractivity contribution is -0.116. The van der Waals surface area contributed by atoms with E-state index in [9.17, 15) is 4.79 Å². The Morgan fingerprint density at radius 2 is 2.47 bits per heavy atom. The van der Waals surface area contributed by atoms with Gasteiger partial charge in [0.05, 0.1) is 5.69 Å². The van der Waals surface area contributed by atoms with E-state index in [4.69, 9.17) is 0 Å². The molecule has 0 fully saturated rings. The minimum Gasteiger partial charge on any atom is -0.353 e. The fraction of sp³-hybridized carbons (Fsp3) is 0.455. The summed E-state index contributed by atoms with van der Waals surface area (Å²) in [4.78, 5) is 11.3. The van der Waals surface area contributed by atoms with Crippen LogP contribution in [0.4, 0.5) is 0 Å². The number of unbranched alkanes of at least 4 members (excludes halogenated alkanes) is 1. The maximum absolute atomic E-state index is 11.3. The van der Waals surface area contributed by atoms with Crippen molar-refractivity contribution in [3.05, 3.63) is 24.0 Å². The predicted molar refractivity (Wildman–Crippen MR) is 60.2 cm³/mol. The number of rotatable bonds is 5. The van der Waals surface area contributed by atoms with Gasteiger partial charge in [-0.2, -0.15) is 5.10 Å². The van der Waals surface area contributed by atoms with E-state index in [2.05, 4.69) is 17.3 Å². The highest BCUT2D eigenvalue weighted by Gasteiger charge is 1.95. The van der Waals surface area contributed by atoms with Crippen LogP contribution in [0.2, 0.25) is 0 Å². The summed E-state index contributed by atoms with van der Waals surface area (Å²) in [6.45, 7) is 2.84. The average Bonchev–Trinajstić information content (AvgIpc) is 2.61. The molecule has 82 valence electrons. The molecule has 1 rings (SSSR count). The smallest absolute Gasteiger partial charge is 0.244 e. The molecule has 0 bridgehead atoms. The van der Waals surface area contributed by atoms with Crippen molar-refractivity contribution in [2.45, 2.75) is 19.8 Å². The molecule has 1 amide bonds. The fourth-order valence-electron chi connectivity index (χ4n) is 1.16. The Kier molecular flexibility index (Phi) is 4.60. The van der Waals surface area contributed by atoms with Crippen LogP contribution in [0.5, 0.6) is 0 Å². The zero-order valence-electron chi connectivity index (χ0n) is 9.23. The molecule has 4 nitrogen and oxygen atoms in total. The summed E-state index contributed by atoms with van der Waals surface area (Å²) >= 11 is 0. The normalized spacial score (nSPS) is 10.8.